The van der Waals surface area contributed by atoms with Crippen LogP contribution in [-0.2, 0) is 6.54 Å². The van der Waals surface area contributed by atoms with Crippen LogP contribution in [0.5, 0.6) is 0 Å². The molecule has 1 amide bonds. The Labute approximate surface area is 156 Å². The number of carbonyl (C=O) groups excluding carboxylic acids is 1. The number of hydrogen-bond acceptors (Lipinski definition) is 4. The molecule has 2 heterocycles. The number of hydrazone groups is 1. The van der Waals surface area contributed by atoms with Crippen molar-refractivity contribution in [1.82, 2.24) is 15.7 Å². The van der Waals surface area contributed by atoms with Gasteiger partial charge in [-0.25, -0.2) is 5.43 Å². The minimum atomic E-state index is -0.244. The maximum Gasteiger partial charge on any atom is 0.272 e. The smallest absolute Gasteiger partial charge is 0.272 e. The lowest BCUT2D eigenvalue weighted by Gasteiger charge is -2.26. The third-order valence-corrected chi connectivity index (χ3v) is 5.48. The van der Waals surface area contributed by atoms with Crippen LogP contribution in [0.1, 0.15) is 40.7 Å². The van der Waals surface area contributed by atoms with Crippen LogP contribution in [0.15, 0.2) is 41.5 Å². The van der Waals surface area contributed by atoms with Crippen molar-refractivity contribution in [2.24, 2.45) is 5.10 Å². The van der Waals surface area contributed by atoms with Gasteiger partial charge < -0.3 is 16.0 Å². The summed E-state index contributed by atoms with van der Waals surface area (Å²) in [6.07, 6.45) is 5.58. The monoisotopic (exact) mass is 359 g/mol. The molecule has 5 N–H and O–H groups in total. The van der Waals surface area contributed by atoms with Crippen molar-refractivity contribution < 1.29 is 4.79 Å². The van der Waals surface area contributed by atoms with Gasteiger partial charge >= 0.3 is 0 Å². The number of benzene rings is 2. The zero-order chi connectivity index (χ0) is 18.4. The number of rotatable bonds is 4. The van der Waals surface area contributed by atoms with E-state index in [2.05, 4.69) is 45.1 Å². The molecule has 1 saturated carbocycles. The second-order valence-corrected chi connectivity index (χ2v) is 7.31. The average Bonchev–Trinajstić information content (AvgIpc) is 2.89. The van der Waals surface area contributed by atoms with Crippen LogP contribution in [0, 0.1) is 0 Å². The minimum Gasteiger partial charge on any atom is -0.399 e. The number of nitrogen functional groups attached to an aromatic ring is 1. The van der Waals surface area contributed by atoms with Crippen LogP contribution in [0.3, 0.4) is 0 Å². The Morgan fingerprint density at radius 2 is 2.11 bits per heavy atom. The topological polar surface area (TPSA) is 95.3 Å². The number of nitrogens with one attached hydrogen (secondary N) is 3. The standard InChI is InChI=1S/C21H21N5O/c22-14-8-16-19-17(11-24-26-21(16)27)20(25-18(19)9-14)13-4-1-3-12(7-13)10-23-15-5-2-6-15/h1,3-4,7-9,11,15,23,25H,2,5-6,10,22H2,(H,26,27). The van der Waals surface area contributed by atoms with Crippen molar-refractivity contribution in [3.8, 4) is 11.3 Å². The summed E-state index contributed by atoms with van der Waals surface area (Å²) >= 11 is 0. The first-order valence-corrected chi connectivity index (χ1v) is 9.30. The zero-order valence-corrected chi connectivity index (χ0v) is 14.9. The lowest BCUT2D eigenvalue weighted by molar-refractivity contribution is 0.0957. The second-order valence-electron chi connectivity index (χ2n) is 7.31. The van der Waals surface area contributed by atoms with Crippen LogP contribution in [-0.4, -0.2) is 23.1 Å². The van der Waals surface area contributed by atoms with E-state index >= 15 is 0 Å². The molecule has 1 fully saturated rings. The minimum absolute atomic E-state index is 0.244. The quantitative estimate of drug-likeness (QED) is 0.539. The van der Waals surface area contributed by atoms with E-state index in [-0.39, 0.29) is 5.91 Å². The van der Waals surface area contributed by atoms with E-state index in [1.807, 2.05) is 6.07 Å². The summed E-state index contributed by atoms with van der Waals surface area (Å²) in [4.78, 5) is 15.8. The molecule has 0 unspecified atom stereocenters. The molecular formula is C21H21N5O. The normalized spacial score (nSPS) is 16.2. The highest BCUT2D eigenvalue weighted by atomic mass is 16.2. The number of nitrogens with zero attached hydrogens (tertiary/aromatic N) is 1. The number of nitrogens with two attached hydrogens (primary N) is 1. The predicted octanol–water partition coefficient (Wildman–Crippen LogP) is 3.14. The van der Waals surface area contributed by atoms with E-state index in [9.17, 15) is 4.79 Å². The fraction of sp³-hybridized carbons (Fsp3) is 0.238. The first kappa shape index (κ1) is 16.1. The van der Waals surface area contributed by atoms with Crippen molar-refractivity contribution in [1.29, 1.82) is 0 Å². The largest absolute Gasteiger partial charge is 0.399 e. The van der Waals surface area contributed by atoms with E-state index in [0.29, 0.717) is 17.3 Å². The van der Waals surface area contributed by atoms with Gasteiger partial charge in [0.2, 0.25) is 0 Å². The highest BCUT2D eigenvalue weighted by Crippen LogP contribution is 2.34. The van der Waals surface area contributed by atoms with Crippen molar-refractivity contribution in [3.05, 3.63) is 53.1 Å². The van der Waals surface area contributed by atoms with Gasteiger partial charge in [0.1, 0.15) is 0 Å². The van der Waals surface area contributed by atoms with Crippen molar-refractivity contribution in [2.45, 2.75) is 31.8 Å². The maximum atomic E-state index is 12.3. The average molecular weight is 359 g/mol. The first-order chi connectivity index (χ1) is 13.2. The van der Waals surface area contributed by atoms with E-state index in [4.69, 9.17) is 5.73 Å². The number of hydrogen-bond donors (Lipinski definition) is 4. The van der Waals surface area contributed by atoms with Gasteiger partial charge in [-0.1, -0.05) is 24.6 Å². The van der Waals surface area contributed by atoms with Gasteiger partial charge in [0, 0.05) is 34.7 Å². The van der Waals surface area contributed by atoms with Gasteiger partial charge in [0.05, 0.1) is 17.5 Å². The lowest BCUT2D eigenvalue weighted by Crippen LogP contribution is -2.34. The molecule has 1 aliphatic carbocycles. The summed E-state index contributed by atoms with van der Waals surface area (Å²) in [6, 6.07) is 12.7. The summed E-state index contributed by atoms with van der Waals surface area (Å²) in [7, 11) is 0. The third-order valence-electron chi connectivity index (χ3n) is 5.48. The van der Waals surface area contributed by atoms with Gasteiger partial charge in [-0.15, -0.1) is 0 Å². The molecule has 0 bridgehead atoms. The highest BCUT2D eigenvalue weighted by Gasteiger charge is 2.22. The third kappa shape index (κ3) is 2.78. The van der Waals surface area contributed by atoms with E-state index in [1.165, 1.54) is 24.8 Å². The molecule has 27 heavy (non-hydrogen) atoms. The Balaban J connectivity index is 1.59. The van der Waals surface area contributed by atoms with Crippen LogP contribution in [0.4, 0.5) is 5.69 Å². The molecule has 2 aliphatic rings. The van der Waals surface area contributed by atoms with Crippen LogP contribution >= 0.6 is 0 Å². The van der Waals surface area contributed by atoms with Gasteiger partial charge in [0.15, 0.2) is 0 Å². The molecule has 0 radical (unpaired) electrons. The van der Waals surface area contributed by atoms with Gasteiger partial charge in [-0.2, -0.15) is 5.10 Å². The van der Waals surface area contributed by atoms with Gasteiger partial charge in [0.25, 0.3) is 5.91 Å². The maximum absolute atomic E-state index is 12.3. The lowest BCUT2D eigenvalue weighted by atomic mass is 9.93. The molecule has 6 heteroatoms. The Morgan fingerprint density at radius 3 is 2.93 bits per heavy atom. The molecule has 136 valence electrons. The Bertz CT molecular complexity index is 1080. The van der Waals surface area contributed by atoms with Crippen molar-refractivity contribution in [3.63, 3.8) is 0 Å². The number of anilines is 1. The molecule has 1 aromatic heterocycles. The molecule has 0 saturated heterocycles. The molecule has 1 aliphatic heterocycles. The van der Waals surface area contributed by atoms with Crippen LogP contribution in [0.2, 0.25) is 0 Å². The number of H-pyrrole nitrogens is 1. The molecule has 2 aromatic carbocycles. The van der Waals surface area contributed by atoms with Gasteiger partial charge in [-0.05, 0) is 42.2 Å². The summed E-state index contributed by atoms with van der Waals surface area (Å²) < 4.78 is 0. The number of aromatic nitrogens is 1. The van der Waals surface area contributed by atoms with Crippen LogP contribution in [0.25, 0.3) is 22.2 Å². The SMILES string of the molecule is Nc1cc2c3c(c(-c4cccc(CNC5CCC5)c4)[nH]c3c1)C=NNC2=O. The molecule has 5 rings (SSSR count). The molecule has 3 aromatic rings. The second kappa shape index (κ2) is 6.25. The van der Waals surface area contributed by atoms with Crippen LogP contribution < -0.4 is 16.5 Å². The van der Waals surface area contributed by atoms with Gasteiger partial charge in [-0.3, -0.25) is 4.79 Å². The number of amides is 1. The summed E-state index contributed by atoms with van der Waals surface area (Å²) in [5, 5.41) is 8.55. The molecule has 0 atom stereocenters. The fourth-order valence-corrected chi connectivity index (χ4v) is 3.84. The van der Waals surface area contributed by atoms with E-state index in [0.717, 1.165) is 34.3 Å². The fourth-order valence-electron chi connectivity index (χ4n) is 3.84. The number of aromatic amines is 1. The molecular weight excluding hydrogens is 338 g/mol. The Hall–Kier alpha value is -3.12. The Morgan fingerprint density at radius 1 is 1.22 bits per heavy atom. The van der Waals surface area contributed by atoms with E-state index in [1.54, 1.807) is 12.3 Å². The van der Waals surface area contributed by atoms with Crippen molar-refractivity contribution >= 4 is 28.7 Å². The predicted molar refractivity (Wildman–Crippen MR) is 108 cm³/mol. The molecule has 0 spiro atoms. The zero-order valence-electron chi connectivity index (χ0n) is 14.9. The summed E-state index contributed by atoms with van der Waals surface area (Å²) in [6.45, 7) is 0.862. The summed E-state index contributed by atoms with van der Waals surface area (Å²) in [5.74, 6) is -0.244. The summed E-state index contributed by atoms with van der Waals surface area (Å²) in [5.41, 5.74) is 14.6. The Kier molecular flexibility index (Phi) is 3.72. The van der Waals surface area contributed by atoms with E-state index < -0.39 is 0 Å². The van der Waals surface area contributed by atoms with Crippen molar-refractivity contribution in [2.75, 3.05) is 5.73 Å². The first-order valence-electron chi connectivity index (χ1n) is 9.30. The number of carbonyl (C=O) groups is 1. The molecule has 6 nitrogen and oxygen atoms in total. The highest BCUT2D eigenvalue weighted by molar-refractivity contribution is 6.17.